The standard InChI is InChI=1S/C20H22ClN5/c1-3-26-13-17(14(2)24-26)12-25-9-8-19-16(11-25)10-22-20(23-19)15-4-6-18(21)7-5-15/h4-7,10,13H,3,8-9,11-12H2,1-2H3. The number of hydrogen-bond acceptors (Lipinski definition) is 4. The molecule has 0 fully saturated rings. The third-order valence-corrected chi connectivity index (χ3v) is 5.13. The van der Waals surface area contributed by atoms with Gasteiger partial charge in [-0.1, -0.05) is 11.6 Å². The second kappa shape index (κ2) is 7.17. The molecule has 134 valence electrons. The van der Waals surface area contributed by atoms with Gasteiger partial charge in [-0.2, -0.15) is 5.10 Å². The zero-order valence-electron chi connectivity index (χ0n) is 15.1. The van der Waals surface area contributed by atoms with Crippen LogP contribution in [0.1, 0.15) is 29.4 Å². The Bertz CT molecular complexity index is 916. The van der Waals surface area contributed by atoms with Crippen LogP contribution < -0.4 is 0 Å². The summed E-state index contributed by atoms with van der Waals surface area (Å²) < 4.78 is 2.00. The molecule has 0 aliphatic carbocycles. The fraction of sp³-hybridized carbons (Fsp3) is 0.350. The number of fused-ring (bicyclic) bond motifs is 1. The Morgan fingerprint density at radius 1 is 1.19 bits per heavy atom. The summed E-state index contributed by atoms with van der Waals surface area (Å²) in [4.78, 5) is 11.8. The zero-order chi connectivity index (χ0) is 18.1. The summed E-state index contributed by atoms with van der Waals surface area (Å²) >= 11 is 5.97. The van der Waals surface area contributed by atoms with Crippen LogP contribution in [-0.2, 0) is 26.1 Å². The first-order valence-corrected chi connectivity index (χ1v) is 9.36. The van der Waals surface area contributed by atoms with Crippen molar-refractivity contribution in [3.05, 3.63) is 64.2 Å². The lowest BCUT2D eigenvalue weighted by atomic mass is 10.1. The monoisotopic (exact) mass is 367 g/mol. The van der Waals surface area contributed by atoms with Crippen LogP contribution in [0.15, 0.2) is 36.7 Å². The highest BCUT2D eigenvalue weighted by Crippen LogP contribution is 2.23. The molecule has 0 saturated heterocycles. The number of aromatic nitrogens is 4. The van der Waals surface area contributed by atoms with E-state index < -0.39 is 0 Å². The predicted molar refractivity (Wildman–Crippen MR) is 103 cm³/mol. The van der Waals surface area contributed by atoms with Gasteiger partial charge in [0.1, 0.15) is 0 Å². The van der Waals surface area contributed by atoms with Crippen LogP contribution in [0.2, 0.25) is 5.02 Å². The van der Waals surface area contributed by atoms with Crippen LogP contribution in [0.5, 0.6) is 0 Å². The minimum atomic E-state index is 0.726. The van der Waals surface area contributed by atoms with Crippen molar-refractivity contribution in [2.24, 2.45) is 0 Å². The third-order valence-electron chi connectivity index (χ3n) is 4.88. The fourth-order valence-corrected chi connectivity index (χ4v) is 3.49. The van der Waals surface area contributed by atoms with Gasteiger partial charge in [-0.3, -0.25) is 9.58 Å². The third kappa shape index (κ3) is 3.50. The molecule has 3 heterocycles. The molecule has 0 bridgehead atoms. The maximum atomic E-state index is 5.97. The summed E-state index contributed by atoms with van der Waals surface area (Å²) in [5, 5.41) is 5.27. The lowest BCUT2D eigenvalue weighted by Crippen LogP contribution is -2.31. The highest BCUT2D eigenvalue weighted by molar-refractivity contribution is 6.30. The molecule has 1 aliphatic rings. The number of benzene rings is 1. The predicted octanol–water partition coefficient (Wildman–Crippen LogP) is 3.88. The van der Waals surface area contributed by atoms with Gasteiger partial charge in [0, 0.05) is 66.7 Å². The van der Waals surface area contributed by atoms with Gasteiger partial charge in [0.2, 0.25) is 0 Å². The van der Waals surface area contributed by atoms with Crippen LogP contribution >= 0.6 is 11.6 Å². The molecular weight excluding hydrogens is 346 g/mol. The second-order valence-corrected chi connectivity index (χ2v) is 7.16. The van der Waals surface area contributed by atoms with Crippen molar-refractivity contribution in [1.82, 2.24) is 24.6 Å². The first kappa shape index (κ1) is 17.2. The number of rotatable bonds is 4. The van der Waals surface area contributed by atoms with Crippen LogP contribution in [-0.4, -0.2) is 31.2 Å². The van der Waals surface area contributed by atoms with Gasteiger partial charge in [-0.05, 0) is 38.1 Å². The van der Waals surface area contributed by atoms with E-state index in [4.69, 9.17) is 16.6 Å². The highest BCUT2D eigenvalue weighted by Gasteiger charge is 2.20. The van der Waals surface area contributed by atoms with Crippen molar-refractivity contribution >= 4 is 11.6 Å². The average Bonchev–Trinajstić information content (AvgIpc) is 3.01. The normalized spacial score (nSPS) is 14.4. The summed E-state index contributed by atoms with van der Waals surface area (Å²) in [6.45, 7) is 7.91. The number of nitrogens with zero attached hydrogens (tertiary/aromatic N) is 5. The molecule has 0 amide bonds. The fourth-order valence-electron chi connectivity index (χ4n) is 3.36. The van der Waals surface area contributed by atoms with E-state index in [0.29, 0.717) is 0 Å². The maximum absolute atomic E-state index is 5.97. The van der Waals surface area contributed by atoms with Gasteiger partial charge in [0.15, 0.2) is 5.82 Å². The Kier molecular flexibility index (Phi) is 4.74. The van der Waals surface area contributed by atoms with Crippen molar-refractivity contribution in [3.63, 3.8) is 0 Å². The summed E-state index contributed by atoms with van der Waals surface area (Å²) in [6.07, 6.45) is 5.07. The van der Waals surface area contributed by atoms with Crippen LogP contribution in [0.4, 0.5) is 0 Å². The maximum Gasteiger partial charge on any atom is 0.159 e. The molecule has 0 spiro atoms. The molecule has 1 aliphatic heterocycles. The van der Waals surface area contributed by atoms with Crippen molar-refractivity contribution < 1.29 is 0 Å². The van der Waals surface area contributed by atoms with E-state index in [9.17, 15) is 0 Å². The van der Waals surface area contributed by atoms with Crippen molar-refractivity contribution in [2.45, 2.75) is 39.9 Å². The first-order chi connectivity index (χ1) is 12.6. The van der Waals surface area contributed by atoms with Gasteiger partial charge in [0.05, 0.1) is 11.4 Å². The van der Waals surface area contributed by atoms with Crippen molar-refractivity contribution in [1.29, 1.82) is 0 Å². The Morgan fingerprint density at radius 3 is 2.73 bits per heavy atom. The molecule has 0 N–H and O–H groups in total. The molecular formula is C20H22ClN5. The van der Waals surface area contributed by atoms with Gasteiger partial charge < -0.3 is 0 Å². The van der Waals surface area contributed by atoms with Crippen molar-refractivity contribution in [2.75, 3.05) is 6.54 Å². The van der Waals surface area contributed by atoms with Crippen LogP contribution in [0.25, 0.3) is 11.4 Å². The molecule has 4 rings (SSSR count). The minimum Gasteiger partial charge on any atom is -0.294 e. The second-order valence-electron chi connectivity index (χ2n) is 6.73. The molecule has 2 aromatic heterocycles. The Morgan fingerprint density at radius 2 is 2.00 bits per heavy atom. The quantitative estimate of drug-likeness (QED) is 0.702. The SMILES string of the molecule is CCn1cc(CN2CCc3nc(-c4ccc(Cl)cc4)ncc3C2)c(C)n1. The number of hydrogen-bond donors (Lipinski definition) is 0. The van der Waals surface area contributed by atoms with Gasteiger partial charge in [0.25, 0.3) is 0 Å². The summed E-state index contributed by atoms with van der Waals surface area (Å²) in [6, 6.07) is 7.68. The topological polar surface area (TPSA) is 46.8 Å². The molecule has 26 heavy (non-hydrogen) atoms. The van der Waals surface area contributed by atoms with Crippen molar-refractivity contribution in [3.8, 4) is 11.4 Å². The summed E-state index contributed by atoms with van der Waals surface area (Å²) in [7, 11) is 0. The van der Waals surface area contributed by atoms with Crippen LogP contribution in [0, 0.1) is 6.92 Å². The molecule has 5 nitrogen and oxygen atoms in total. The highest BCUT2D eigenvalue weighted by atomic mass is 35.5. The van der Waals surface area contributed by atoms with Gasteiger partial charge in [-0.15, -0.1) is 0 Å². The number of halogens is 1. The average molecular weight is 368 g/mol. The van der Waals surface area contributed by atoms with E-state index in [1.54, 1.807) is 0 Å². The molecule has 3 aromatic rings. The molecule has 6 heteroatoms. The molecule has 1 aromatic carbocycles. The zero-order valence-corrected chi connectivity index (χ0v) is 15.9. The minimum absolute atomic E-state index is 0.726. The van der Waals surface area contributed by atoms with E-state index in [0.717, 1.165) is 60.4 Å². The number of aryl methyl sites for hydroxylation is 2. The Hall–Kier alpha value is -2.24. The van der Waals surface area contributed by atoms with Crippen LogP contribution in [0.3, 0.4) is 0 Å². The Labute approximate surface area is 158 Å². The molecule has 0 unspecified atom stereocenters. The van der Waals surface area contributed by atoms with E-state index in [1.807, 2.05) is 35.1 Å². The van der Waals surface area contributed by atoms with E-state index in [2.05, 4.69) is 35.0 Å². The summed E-state index contributed by atoms with van der Waals surface area (Å²) in [5.41, 5.74) is 5.79. The molecule has 0 radical (unpaired) electrons. The molecule has 0 saturated carbocycles. The van der Waals surface area contributed by atoms with E-state index >= 15 is 0 Å². The van der Waals surface area contributed by atoms with Gasteiger partial charge >= 0.3 is 0 Å². The van der Waals surface area contributed by atoms with E-state index in [1.165, 1.54) is 11.1 Å². The first-order valence-electron chi connectivity index (χ1n) is 8.98. The smallest absolute Gasteiger partial charge is 0.159 e. The molecule has 0 atom stereocenters. The van der Waals surface area contributed by atoms with E-state index in [-0.39, 0.29) is 0 Å². The van der Waals surface area contributed by atoms with Gasteiger partial charge in [-0.25, -0.2) is 9.97 Å². The lowest BCUT2D eigenvalue weighted by Gasteiger charge is -2.27. The summed E-state index contributed by atoms with van der Waals surface area (Å²) in [5.74, 6) is 0.772. The Balaban J connectivity index is 1.50. The largest absolute Gasteiger partial charge is 0.294 e. The lowest BCUT2D eigenvalue weighted by molar-refractivity contribution is 0.242.